The van der Waals surface area contributed by atoms with Gasteiger partial charge in [0.25, 0.3) is 5.91 Å². The van der Waals surface area contributed by atoms with Crippen LogP contribution in [0.3, 0.4) is 0 Å². The lowest BCUT2D eigenvalue weighted by Gasteiger charge is -2.27. The van der Waals surface area contributed by atoms with E-state index < -0.39 is 0 Å². The first-order valence-electron chi connectivity index (χ1n) is 9.15. The number of aromatic nitrogens is 1. The Morgan fingerprint density at radius 3 is 2.61 bits per heavy atom. The first-order valence-corrected chi connectivity index (χ1v) is 9.15. The Bertz CT molecular complexity index is 993. The van der Waals surface area contributed by atoms with E-state index in [0.29, 0.717) is 23.5 Å². The largest absolute Gasteiger partial charge is 0.340 e. The van der Waals surface area contributed by atoms with E-state index in [9.17, 15) is 4.79 Å². The molecule has 0 unspecified atom stereocenters. The van der Waals surface area contributed by atoms with E-state index in [1.54, 1.807) is 36.5 Å². The summed E-state index contributed by atoms with van der Waals surface area (Å²) >= 11 is 0. The van der Waals surface area contributed by atoms with Gasteiger partial charge in [0.05, 0.1) is 11.6 Å². The van der Waals surface area contributed by atoms with Crippen LogP contribution in [0.1, 0.15) is 35.3 Å². The molecule has 140 valence electrons. The highest BCUT2D eigenvalue weighted by Crippen LogP contribution is 2.19. The maximum absolute atomic E-state index is 13.1. The lowest BCUT2D eigenvalue weighted by Crippen LogP contribution is -2.36. The quantitative estimate of drug-likeness (QED) is 0.680. The lowest BCUT2D eigenvalue weighted by molar-refractivity contribution is 0.0690. The first kappa shape index (κ1) is 19.1. The number of pyridine rings is 1. The fraction of sp³-hybridized carbons (Fsp3) is 0.174. The van der Waals surface area contributed by atoms with Gasteiger partial charge in [0.1, 0.15) is 5.82 Å². The molecule has 1 heterocycles. The van der Waals surface area contributed by atoms with Crippen LogP contribution in [0.4, 0.5) is 11.5 Å². The highest BCUT2D eigenvalue weighted by Gasteiger charge is 2.19. The Morgan fingerprint density at radius 2 is 1.89 bits per heavy atom. The Hall–Kier alpha value is -3.65. The molecule has 3 aromatic rings. The van der Waals surface area contributed by atoms with Crippen molar-refractivity contribution < 1.29 is 4.79 Å². The summed E-state index contributed by atoms with van der Waals surface area (Å²) in [6.45, 7) is 4.57. The number of nitriles is 1. The van der Waals surface area contributed by atoms with Gasteiger partial charge in [0.2, 0.25) is 0 Å². The summed E-state index contributed by atoms with van der Waals surface area (Å²) < 4.78 is 0. The molecule has 1 aromatic heterocycles. The molecule has 0 atom stereocenters. The average Bonchev–Trinajstić information content (AvgIpc) is 2.72. The van der Waals surface area contributed by atoms with Crippen LogP contribution >= 0.6 is 0 Å². The Balaban J connectivity index is 1.81. The van der Waals surface area contributed by atoms with E-state index in [1.807, 2.05) is 55.1 Å². The Morgan fingerprint density at radius 1 is 1.11 bits per heavy atom. The van der Waals surface area contributed by atoms with Crippen molar-refractivity contribution in [1.29, 1.82) is 5.26 Å². The maximum Gasteiger partial charge on any atom is 0.254 e. The standard InChI is InChI=1S/C23H22N4O/c1-17(2)27(16-18-7-4-3-5-8-18)23(28)20-11-12-25-22(14-20)26-21-10-6-9-19(13-21)15-24/h3-14,17H,16H2,1-2H3,(H,25,26). The normalized spacial score (nSPS) is 10.4. The van der Waals surface area contributed by atoms with Crippen LogP contribution in [0.5, 0.6) is 0 Å². The number of hydrogen-bond acceptors (Lipinski definition) is 4. The maximum atomic E-state index is 13.1. The molecule has 0 bridgehead atoms. The van der Waals surface area contributed by atoms with Gasteiger partial charge in [-0.1, -0.05) is 36.4 Å². The molecular formula is C23H22N4O. The van der Waals surface area contributed by atoms with Crippen molar-refractivity contribution in [2.45, 2.75) is 26.4 Å². The van der Waals surface area contributed by atoms with E-state index in [4.69, 9.17) is 5.26 Å². The van der Waals surface area contributed by atoms with E-state index in [1.165, 1.54) is 0 Å². The third-order valence-corrected chi connectivity index (χ3v) is 4.35. The van der Waals surface area contributed by atoms with Crippen LogP contribution in [0.15, 0.2) is 72.9 Å². The van der Waals surface area contributed by atoms with E-state index in [2.05, 4.69) is 16.4 Å². The molecule has 0 spiro atoms. The number of amides is 1. The number of carbonyl (C=O) groups excluding carboxylic acids is 1. The summed E-state index contributed by atoms with van der Waals surface area (Å²) in [7, 11) is 0. The van der Waals surface area contributed by atoms with Crippen molar-refractivity contribution in [1.82, 2.24) is 9.88 Å². The minimum Gasteiger partial charge on any atom is -0.340 e. The molecular weight excluding hydrogens is 348 g/mol. The zero-order chi connectivity index (χ0) is 19.9. The summed E-state index contributed by atoms with van der Waals surface area (Å²) in [4.78, 5) is 19.3. The van der Waals surface area contributed by atoms with Crippen molar-refractivity contribution >= 4 is 17.4 Å². The van der Waals surface area contributed by atoms with Crippen molar-refractivity contribution in [3.63, 3.8) is 0 Å². The third-order valence-electron chi connectivity index (χ3n) is 4.35. The second-order valence-corrected chi connectivity index (χ2v) is 6.76. The van der Waals surface area contributed by atoms with Crippen molar-refractivity contribution in [2.75, 3.05) is 5.32 Å². The van der Waals surface area contributed by atoms with Gasteiger partial charge in [-0.2, -0.15) is 5.26 Å². The number of benzene rings is 2. The van der Waals surface area contributed by atoms with Crippen molar-refractivity contribution in [2.24, 2.45) is 0 Å². The van der Waals surface area contributed by atoms with Gasteiger partial charge in [-0.25, -0.2) is 4.98 Å². The molecule has 0 radical (unpaired) electrons. The number of rotatable bonds is 6. The lowest BCUT2D eigenvalue weighted by atomic mass is 10.1. The van der Waals surface area contributed by atoms with Gasteiger partial charge in [-0.15, -0.1) is 0 Å². The molecule has 0 aliphatic carbocycles. The van der Waals surface area contributed by atoms with Crippen molar-refractivity contribution in [3.05, 3.63) is 89.6 Å². The summed E-state index contributed by atoms with van der Waals surface area (Å²) in [5.74, 6) is 0.513. The molecule has 1 amide bonds. The van der Waals surface area contributed by atoms with Crippen LogP contribution in [-0.2, 0) is 6.54 Å². The smallest absolute Gasteiger partial charge is 0.254 e. The Kier molecular flexibility index (Phi) is 6.03. The minimum absolute atomic E-state index is 0.0462. The summed E-state index contributed by atoms with van der Waals surface area (Å²) in [5.41, 5.74) is 2.97. The summed E-state index contributed by atoms with van der Waals surface area (Å²) in [6, 6.07) is 22.7. The van der Waals surface area contributed by atoms with Gasteiger partial charge >= 0.3 is 0 Å². The molecule has 2 aromatic carbocycles. The van der Waals surface area contributed by atoms with Gasteiger partial charge in [0.15, 0.2) is 0 Å². The SMILES string of the molecule is CC(C)N(Cc1ccccc1)C(=O)c1ccnc(Nc2cccc(C#N)c2)c1. The van der Waals surface area contributed by atoms with Crippen LogP contribution < -0.4 is 5.32 Å². The predicted octanol–water partition coefficient (Wildman–Crippen LogP) is 4.75. The van der Waals surface area contributed by atoms with Gasteiger partial charge in [0, 0.05) is 30.0 Å². The first-order chi connectivity index (χ1) is 13.6. The van der Waals surface area contributed by atoms with Gasteiger partial charge < -0.3 is 10.2 Å². The fourth-order valence-electron chi connectivity index (χ4n) is 2.88. The molecule has 5 heteroatoms. The molecule has 1 N–H and O–H groups in total. The fourth-order valence-corrected chi connectivity index (χ4v) is 2.88. The second-order valence-electron chi connectivity index (χ2n) is 6.76. The number of carbonyl (C=O) groups is 1. The van der Waals surface area contributed by atoms with Gasteiger partial charge in [-0.05, 0) is 49.7 Å². The number of hydrogen-bond donors (Lipinski definition) is 1. The van der Waals surface area contributed by atoms with Crippen LogP contribution in [0.25, 0.3) is 0 Å². The average molecular weight is 370 g/mol. The van der Waals surface area contributed by atoms with Crippen LogP contribution in [0.2, 0.25) is 0 Å². The molecule has 0 aliphatic rings. The molecule has 0 aliphatic heterocycles. The zero-order valence-corrected chi connectivity index (χ0v) is 16.0. The molecule has 0 saturated heterocycles. The topological polar surface area (TPSA) is 69.0 Å². The zero-order valence-electron chi connectivity index (χ0n) is 16.0. The predicted molar refractivity (Wildman–Crippen MR) is 110 cm³/mol. The van der Waals surface area contributed by atoms with Crippen LogP contribution in [-0.4, -0.2) is 21.8 Å². The number of nitrogens with one attached hydrogen (secondary N) is 1. The van der Waals surface area contributed by atoms with E-state index in [0.717, 1.165) is 11.3 Å². The second kappa shape index (κ2) is 8.83. The third kappa shape index (κ3) is 4.74. The highest BCUT2D eigenvalue weighted by molar-refractivity contribution is 5.95. The van der Waals surface area contributed by atoms with E-state index in [-0.39, 0.29) is 11.9 Å². The summed E-state index contributed by atoms with van der Waals surface area (Å²) in [6.07, 6.45) is 1.62. The van der Waals surface area contributed by atoms with Crippen LogP contribution in [0, 0.1) is 11.3 Å². The number of nitrogens with zero attached hydrogens (tertiary/aromatic N) is 3. The monoisotopic (exact) mass is 370 g/mol. The van der Waals surface area contributed by atoms with E-state index >= 15 is 0 Å². The minimum atomic E-state index is -0.0462. The molecule has 0 saturated carbocycles. The van der Waals surface area contributed by atoms with Crippen molar-refractivity contribution in [3.8, 4) is 6.07 Å². The summed E-state index contributed by atoms with van der Waals surface area (Å²) in [5, 5.41) is 12.2. The number of anilines is 2. The Labute approximate surface area is 165 Å². The van der Waals surface area contributed by atoms with Gasteiger partial charge in [-0.3, -0.25) is 4.79 Å². The molecule has 0 fully saturated rings. The molecule has 28 heavy (non-hydrogen) atoms. The molecule has 3 rings (SSSR count). The molecule has 5 nitrogen and oxygen atoms in total. The highest BCUT2D eigenvalue weighted by atomic mass is 16.2.